The zero-order valence-corrected chi connectivity index (χ0v) is 16.4. The molecule has 0 atom stereocenters. The number of hydrogen-bond acceptors (Lipinski definition) is 6. The summed E-state index contributed by atoms with van der Waals surface area (Å²) in [5, 5.41) is 4.43. The van der Waals surface area contributed by atoms with Crippen LogP contribution in [0.3, 0.4) is 0 Å². The summed E-state index contributed by atoms with van der Waals surface area (Å²) in [6, 6.07) is 3.48. The van der Waals surface area contributed by atoms with E-state index < -0.39 is 10.0 Å². The molecular weight excluding hydrogens is 368 g/mol. The highest BCUT2D eigenvalue weighted by Gasteiger charge is 2.31. The van der Waals surface area contributed by atoms with Gasteiger partial charge in [0.1, 0.15) is 22.6 Å². The van der Waals surface area contributed by atoms with Gasteiger partial charge in [-0.3, -0.25) is 4.68 Å². The monoisotopic (exact) mass is 390 g/mol. The van der Waals surface area contributed by atoms with Crippen molar-refractivity contribution in [3.05, 3.63) is 53.4 Å². The van der Waals surface area contributed by atoms with Crippen molar-refractivity contribution in [3.8, 4) is 0 Å². The van der Waals surface area contributed by atoms with Gasteiger partial charge in [0.05, 0.1) is 30.7 Å². The van der Waals surface area contributed by atoms with Crippen molar-refractivity contribution < 1.29 is 17.3 Å². The van der Waals surface area contributed by atoms with E-state index in [1.54, 1.807) is 36.9 Å². The topological polar surface area (TPSA) is 94.4 Å². The zero-order valence-electron chi connectivity index (χ0n) is 15.5. The third kappa shape index (κ3) is 3.44. The largest absolute Gasteiger partial charge is 0.468 e. The molecule has 4 rings (SSSR count). The van der Waals surface area contributed by atoms with Gasteiger partial charge in [-0.05, 0) is 38.8 Å². The fraction of sp³-hybridized carbons (Fsp3) is 0.444. The Balaban J connectivity index is 1.59. The maximum Gasteiger partial charge on any atom is 0.246 e. The highest BCUT2D eigenvalue weighted by molar-refractivity contribution is 7.89. The lowest BCUT2D eigenvalue weighted by molar-refractivity contribution is 0.406. The van der Waals surface area contributed by atoms with Crippen LogP contribution in [0.15, 0.2) is 38.4 Å². The van der Waals surface area contributed by atoms with E-state index in [9.17, 15) is 8.42 Å². The van der Waals surface area contributed by atoms with Crippen LogP contribution in [0.4, 0.5) is 0 Å². The van der Waals surface area contributed by atoms with E-state index in [1.165, 1.54) is 17.6 Å². The molecule has 0 aliphatic heterocycles. The van der Waals surface area contributed by atoms with E-state index in [0.29, 0.717) is 29.6 Å². The Labute approximate surface area is 157 Å². The fourth-order valence-corrected chi connectivity index (χ4v) is 4.64. The third-order valence-electron chi connectivity index (χ3n) is 4.75. The summed E-state index contributed by atoms with van der Waals surface area (Å²) in [7, 11) is -2.16. The molecule has 1 aliphatic carbocycles. The van der Waals surface area contributed by atoms with E-state index in [2.05, 4.69) is 10.1 Å². The molecule has 9 heteroatoms. The average molecular weight is 390 g/mol. The average Bonchev–Trinajstić information content (AvgIpc) is 3.01. The van der Waals surface area contributed by atoms with Gasteiger partial charge in [0.15, 0.2) is 5.89 Å². The minimum Gasteiger partial charge on any atom is -0.468 e. The first-order valence-corrected chi connectivity index (χ1v) is 10.3. The van der Waals surface area contributed by atoms with Gasteiger partial charge in [0.25, 0.3) is 0 Å². The molecule has 0 aromatic carbocycles. The van der Waals surface area contributed by atoms with E-state index in [4.69, 9.17) is 8.83 Å². The first kappa shape index (κ1) is 18.0. The Morgan fingerprint density at radius 1 is 1.30 bits per heavy atom. The van der Waals surface area contributed by atoms with Gasteiger partial charge < -0.3 is 8.83 Å². The van der Waals surface area contributed by atoms with Gasteiger partial charge >= 0.3 is 0 Å². The number of rotatable bonds is 7. The quantitative estimate of drug-likeness (QED) is 0.616. The molecule has 0 bridgehead atoms. The van der Waals surface area contributed by atoms with Crippen LogP contribution in [-0.2, 0) is 23.1 Å². The Bertz CT molecular complexity index is 1050. The van der Waals surface area contributed by atoms with Gasteiger partial charge in [-0.1, -0.05) is 0 Å². The van der Waals surface area contributed by atoms with Crippen LogP contribution in [0.5, 0.6) is 0 Å². The second-order valence-corrected chi connectivity index (χ2v) is 8.93. The van der Waals surface area contributed by atoms with E-state index in [1.807, 2.05) is 0 Å². The molecular formula is C18H22N4O4S. The highest BCUT2D eigenvalue weighted by Crippen LogP contribution is 2.39. The molecule has 0 N–H and O–H groups in total. The molecule has 27 heavy (non-hydrogen) atoms. The van der Waals surface area contributed by atoms with Gasteiger partial charge in [-0.2, -0.15) is 9.40 Å². The number of aromatic nitrogens is 3. The SMILES string of the molecule is Cc1nn(Cc2coc(C3CC3)n2)c(C)c1S(=O)(=O)N(C)Cc1ccco1. The van der Waals surface area contributed by atoms with E-state index in [-0.39, 0.29) is 11.4 Å². The number of aryl methyl sites for hydroxylation is 1. The van der Waals surface area contributed by atoms with Crippen LogP contribution in [0.1, 0.15) is 47.5 Å². The van der Waals surface area contributed by atoms with E-state index in [0.717, 1.165) is 24.4 Å². The van der Waals surface area contributed by atoms with Gasteiger partial charge in [-0.25, -0.2) is 13.4 Å². The number of oxazole rings is 1. The fourth-order valence-electron chi connectivity index (χ4n) is 3.14. The van der Waals surface area contributed by atoms with Gasteiger partial charge in [0.2, 0.25) is 10.0 Å². The van der Waals surface area contributed by atoms with Crippen molar-refractivity contribution >= 4 is 10.0 Å². The van der Waals surface area contributed by atoms with Crippen molar-refractivity contribution in [3.63, 3.8) is 0 Å². The van der Waals surface area contributed by atoms with Crippen LogP contribution in [0.2, 0.25) is 0 Å². The summed E-state index contributed by atoms with van der Waals surface area (Å²) < 4.78 is 39.8. The molecule has 3 aromatic rings. The molecule has 0 amide bonds. The van der Waals surface area contributed by atoms with Crippen LogP contribution in [-0.4, -0.2) is 34.5 Å². The standard InChI is InChI=1S/C18H22N4O4S/c1-12-17(27(23,24)21(3)10-16-5-4-8-25-16)13(2)22(20-12)9-15-11-26-18(19-15)14-6-7-14/h4-5,8,11,14H,6-7,9-10H2,1-3H3. The zero-order chi connectivity index (χ0) is 19.2. The molecule has 0 spiro atoms. The Morgan fingerprint density at radius 2 is 2.07 bits per heavy atom. The molecule has 1 fully saturated rings. The summed E-state index contributed by atoms with van der Waals surface area (Å²) in [6.07, 6.45) is 5.38. The van der Waals surface area contributed by atoms with Crippen molar-refractivity contribution in [1.82, 2.24) is 19.1 Å². The summed E-state index contributed by atoms with van der Waals surface area (Å²) in [5.74, 6) is 1.78. The second-order valence-electron chi connectivity index (χ2n) is 6.95. The van der Waals surface area contributed by atoms with Gasteiger partial charge in [-0.15, -0.1) is 0 Å². The summed E-state index contributed by atoms with van der Waals surface area (Å²) in [6.45, 7) is 4.00. The lowest BCUT2D eigenvalue weighted by atomic mass is 10.4. The second kappa shape index (κ2) is 6.65. The number of furan rings is 1. The van der Waals surface area contributed by atoms with Gasteiger partial charge in [0, 0.05) is 13.0 Å². The first-order chi connectivity index (χ1) is 12.9. The minimum absolute atomic E-state index is 0.160. The molecule has 0 radical (unpaired) electrons. The normalized spacial score (nSPS) is 15.0. The lowest BCUT2D eigenvalue weighted by Gasteiger charge is -2.16. The summed E-state index contributed by atoms with van der Waals surface area (Å²) in [4.78, 5) is 4.72. The van der Waals surface area contributed by atoms with Crippen molar-refractivity contribution in [2.75, 3.05) is 7.05 Å². The molecule has 0 unspecified atom stereocenters. The van der Waals surface area contributed by atoms with Crippen LogP contribution < -0.4 is 0 Å². The van der Waals surface area contributed by atoms with Crippen LogP contribution >= 0.6 is 0 Å². The Kier molecular flexibility index (Phi) is 4.43. The number of nitrogens with zero attached hydrogens (tertiary/aromatic N) is 4. The van der Waals surface area contributed by atoms with Crippen molar-refractivity contribution in [2.24, 2.45) is 0 Å². The molecule has 3 aromatic heterocycles. The predicted molar refractivity (Wildman–Crippen MR) is 96.6 cm³/mol. The summed E-state index contributed by atoms with van der Waals surface area (Å²) in [5.41, 5.74) is 1.79. The maximum atomic E-state index is 13.1. The van der Waals surface area contributed by atoms with Crippen molar-refractivity contribution in [1.29, 1.82) is 0 Å². The predicted octanol–water partition coefficient (Wildman–Crippen LogP) is 2.83. The molecule has 8 nitrogen and oxygen atoms in total. The minimum atomic E-state index is -3.70. The molecule has 3 heterocycles. The van der Waals surface area contributed by atoms with E-state index >= 15 is 0 Å². The molecule has 144 valence electrons. The number of hydrogen-bond donors (Lipinski definition) is 0. The third-order valence-corrected chi connectivity index (χ3v) is 6.81. The maximum absolute atomic E-state index is 13.1. The summed E-state index contributed by atoms with van der Waals surface area (Å²) >= 11 is 0. The lowest BCUT2D eigenvalue weighted by Crippen LogP contribution is -2.27. The Morgan fingerprint density at radius 3 is 2.74 bits per heavy atom. The van der Waals surface area contributed by atoms with Crippen LogP contribution in [0, 0.1) is 13.8 Å². The Hall–Kier alpha value is -2.39. The molecule has 1 saturated carbocycles. The van der Waals surface area contributed by atoms with Crippen LogP contribution in [0.25, 0.3) is 0 Å². The smallest absolute Gasteiger partial charge is 0.246 e. The number of sulfonamides is 1. The first-order valence-electron chi connectivity index (χ1n) is 8.83. The molecule has 1 aliphatic rings. The molecule has 0 saturated heterocycles. The van der Waals surface area contributed by atoms with Crippen molar-refractivity contribution in [2.45, 2.75) is 50.6 Å². The highest BCUT2D eigenvalue weighted by atomic mass is 32.2.